The zero-order valence-electron chi connectivity index (χ0n) is 18.2. The fourth-order valence-corrected chi connectivity index (χ4v) is 4.15. The summed E-state index contributed by atoms with van der Waals surface area (Å²) < 4.78 is 87.5. The lowest BCUT2D eigenvalue weighted by molar-refractivity contribution is -0.275. The second kappa shape index (κ2) is 10.6. The van der Waals surface area contributed by atoms with E-state index in [9.17, 15) is 26.3 Å². The number of hydrogen-bond acceptors (Lipinski definition) is 2. The molecule has 1 saturated carbocycles. The van der Waals surface area contributed by atoms with Gasteiger partial charge in [-0.25, -0.2) is 4.39 Å². The molecule has 33 heavy (non-hydrogen) atoms. The van der Waals surface area contributed by atoms with Crippen molar-refractivity contribution >= 4 is 0 Å². The van der Waals surface area contributed by atoms with Crippen molar-refractivity contribution in [3.8, 4) is 5.75 Å². The molecule has 2 nitrogen and oxygen atoms in total. The second-order valence-electron chi connectivity index (χ2n) is 8.19. The smallest absolute Gasteiger partial charge is 0.403 e. The van der Waals surface area contributed by atoms with E-state index in [1.165, 1.54) is 18.2 Å². The summed E-state index contributed by atoms with van der Waals surface area (Å²) in [6.07, 6.45) is -0.178. The average Bonchev–Trinajstić information content (AvgIpc) is 2.76. The molecule has 0 unspecified atom stereocenters. The number of hydrogen-bond donors (Lipinski definition) is 0. The zero-order valence-corrected chi connectivity index (χ0v) is 18.2. The molecule has 0 aromatic heterocycles. The van der Waals surface area contributed by atoms with Crippen molar-refractivity contribution in [3.63, 3.8) is 0 Å². The Kier molecular flexibility index (Phi) is 8.10. The monoisotopic (exact) mass is 472 g/mol. The molecule has 0 saturated heterocycles. The topological polar surface area (TPSA) is 18.5 Å². The third-order valence-corrected chi connectivity index (χ3v) is 5.85. The van der Waals surface area contributed by atoms with Gasteiger partial charge < -0.3 is 9.47 Å². The van der Waals surface area contributed by atoms with Crippen LogP contribution in [-0.4, -0.2) is 13.0 Å². The lowest BCUT2D eigenvalue weighted by atomic mass is 9.78. The highest BCUT2D eigenvalue weighted by molar-refractivity contribution is 5.30. The van der Waals surface area contributed by atoms with Crippen molar-refractivity contribution in [2.24, 2.45) is 5.92 Å². The molecule has 1 fully saturated rings. The number of halogens is 6. The summed E-state index contributed by atoms with van der Waals surface area (Å²) in [6, 6.07) is 8.92. The largest absolute Gasteiger partial charge is 0.573 e. The Morgan fingerprint density at radius 1 is 0.939 bits per heavy atom. The van der Waals surface area contributed by atoms with Crippen LogP contribution in [-0.2, 0) is 17.3 Å². The third kappa shape index (κ3) is 7.25. The van der Waals surface area contributed by atoms with Crippen LogP contribution in [0.2, 0.25) is 0 Å². The molecule has 0 N–H and O–H groups in total. The Labute approximate surface area is 189 Å². The van der Waals surface area contributed by atoms with Crippen molar-refractivity contribution in [2.45, 2.75) is 57.4 Å². The van der Waals surface area contributed by atoms with E-state index in [1.54, 1.807) is 12.1 Å². The molecule has 0 radical (unpaired) electrons. The highest BCUT2D eigenvalue weighted by Crippen LogP contribution is 2.38. The Bertz CT molecular complexity index is 929. The molecule has 0 spiro atoms. The molecule has 2 aromatic carbocycles. The molecule has 0 amide bonds. The van der Waals surface area contributed by atoms with Crippen LogP contribution >= 0.6 is 0 Å². The first-order valence-corrected chi connectivity index (χ1v) is 10.9. The lowest BCUT2D eigenvalue weighted by Gasteiger charge is -2.27. The molecular formula is C25H26F6O2. The molecule has 0 aliphatic heterocycles. The number of ether oxygens (including phenoxy) is 2. The standard InChI is InChI=1S/C25H26F6O2/c1-2-3-17-4-7-19(8-5-17)20-9-11-21(12-10-20)24(27,28)32-15-14-18-6-13-23(22(26)16-18)33-25(29,30)31/h2-3,6,9-13,16-17,19H,4-5,7-8,14-15H2,1H3/b3-2+/t17-,19-. The van der Waals surface area contributed by atoms with Crippen LogP contribution in [0.15, 0.2) is 54.6 Å². The summed E-state index contributed by atoms with van der Waals surface area (Å²) in [4.78, 5) is 0. The van der Waals surface area contributed by atoms with Crippen LogP contribution in [0.25, 0.3) is 0 Å². The van der Waals surface area contributed by atoms with Crippen LogP contribution in [0, 0.1) is 11.7 Å². The predicted octanol–water partition coefficient (Wildman–Crippen LogP) is 7.88. The first-order valence-electron chi connectivity index (χ1n) is 10.9. The minimum atomic E-state index is -5.02. The Hall–Kier alpha value is -2.48. The third-order valence-electron chi connectivity index (χ3n) is 5.85. The highest BCUT2D eigenvalue weighted by atomic mass is 19.4. The average molecular weight is 472 g/mol. The molecule has 3 rings (SSSR count). The summed E-state index contributed by atoms with van der Waals surface area (Å²) >= 11 is 0. The van der Waals surface area contributed by atoms with Gasteiger partial charge in [-0.3, -0.25) is 0 Å². The van der Waals surface area contributed by atoms with E-state index in [2.05, 4.69) is 16.9 Å². The minimum absolute atomic E-state index is 0.105. The highest BCUT2D eigenvalue weighted by Gasteiger charge is 2.34. The quantitative estimate of drug-likeness (QED) is 0.287. The number of allylic oxidation sites excluding steroid dienone is 2. The lowest BCUT2D eigenvalue weighted by Crippen LogP contribution is -2.20. The van der Waals surface area contributed by atoms with Crippen LogP contribution in [0.4, 0.5) is 26.3 Å². The first kappa shape index (κ1) is 25.1. The zero-order chi connectivity index (χ0) is 24.1. The van der Waals surface area contributed by atoms with E-state index < -0.39 is 30.6 Å². The van der Waals surface area contributed by atoms with Crippen molar-refractivity contribution in [1.29, 1.82) is 0 Å². The summed E-state index contributed by atoms with van der Waals surface area (Å²) in [5.41, 5.74) is 0.959. The minimum Gasteiger partial charge on any atom is -0.403 e. The van der Waals surface area contributed by atoms with E-state index in [1.807, 2.05) is 6.92 Å². The summed E-state index contributed by atoms with van der Waals surface area (Å²) in [7, 11) is 0. The Morgan fingerprint density at radius 2 is 1.61 bits per heavy atom. The normalized spacial score (nSPS) is 19.7. The van der Waals surface area contributed by atoms with Gasteiger partial charge in [-0.05, 0) is 74.1 Å². The molecule has 1 aliphatic rings. The second-order valence-corrected chi connectivity index (χ2v) is 8.19. The number of benzene rings is 2. The molecule has 0 bridgehead atoms. The Morgan fingerprint density at radius 3 is 2.18 bits per heavy atom. The van der Waals surface area contributed by atoms with Gasteiger partial charge in [0, 0.05) is 0 Å². The molecular weight excluding hydrogens is 446 g/mol. The summed E-state index contributed by atoms with van der Waals surface area (Å²) in [5, 5.41) is 0. The maximum Gasteiger partial charge on any atom is 0.573 e. The van der Waals surface area contributed by atoms with Crippen molar-refractivity contribution in [1.82, 2.24) is 0 Å². The van der Waals surface area contributed by atoms with E-state index in [-0.39, 0.29) is 17.5 Å². The van der Waals surface area contributed by atoms with Gasteiger partial charge in [0.05, 0.1) is 12.2 Å². The molecule has 180 valence electrons. The van der Waals surface area contributed by atoms with Crippen molar-refractivity contribution in [2.75, 3.05) is 6.61 Å². The van der Waals surface area contributed by atoms with Gasteiger partial charge in [0.2, 0.25) is 0 Å². The van der Waals surface area contributed by atoms with Crippen LogP contribution in [0.5, 0.6) is 5.75 Å². The van der Waals surface area contributed by atoms with Gasteiger partial charge in [-0.15, -0.1) is 13.2 Å². The van der Waals surface area contributed by atoms with Gasteiger partial charge in [0.25, 0.3) is 0 Å². The number of alkyl halides is 5. The molecule has 8 heteroatoms. The van der Waals surface area contributed by atoms with Crippen LogP contribution in [0.1, 0.15) is 55.2 Å². The van der Waals surface area contributed by atoms with Gasteiger partial charge in [-0.1, -0.05) is 42.5 Å². The predicted molar refractivity (Wildman–Crippen MR) is 113 cm³/mol. The molecule has 1 aliphatic carbocycles. The SMILES string of the molecule is C/C=C/[C@H]1CC[C@H](c2ccc(C(F)(F)OCCc3ccc(OC(F)(F)F)c(F)c3)cc2)CC1. The fourth-order valence-electron chi connectivity index (χ4n) is 4.15. The molecule has 0 atom stereocenters. The van der Waals surface area contributed by atoms with E-state index in [0.717, 1.165) is 43.4 Å². The van der Waals surface area contributed by atoms with Gasteiger partial charge in [-0.2, -0.15) is 8.78 Å². The summed E-state index contributed by atoms with van der Waals surface area (Å²) in [5.74, 6) is -1.26. The van der Waals surface area contributed by atoms with E-state index in [4.69, 9.17) is 4.74 Å². The van der Waals surface area contributed by atoms with Crippen molar-refractivity contribution < 1.29 is 35.8 Å². The first-order chi connectivity index (χ1) is 15.6. The molecule has 2 aromatic rings. The van der Waals surface area contributed by atoms with Gasteiger partial charge in [0.1, 0.15) is 0 Å². The van der Waals surface area contributed by atoms with Crippen molar-refractivity contribution in [3.05, 3.63) is 77.1 Å². The Balaban J connectivity index is 1.53. The van der Waals surface area contributed by atoms with Gasteiger partial charge >= 0.3 is 12.5 Å². The summed E-state index contributed by atoms with van der Waals surface area (Å²) in [6.45, 7) is 1.57. The fraction of sp³-hybridized carbons (Fsp3) is 0.440. The molecule has 0 heterocycles. The van der Waals surface area contributed by atoms with E-state index in [0.29, 0.717) is 11.8 Å². The van der Waals surface area contributed by atoms with Crippen LogP contribution < -0.4 is 4.74 Å². The van der Waals surface area contributed by atoms with Gasteiger partial charge in [0.15, 0.2) is 11.6 Å². The van der Waals surface area contributed by atoms with Crippen LogP contribution in [0.3, 0.4) is 0 Å². The van der Waals surface area contributed by atoms with E-state index >= 15 is 0 Å². The maximum absolute atomic E-state index is 14.4. The number of rotatable bonds is 8. The maximum atomic E-state index is 14.4.